The molecule has 2 aliphatic rings. The van der Waals surface area contributed by atoms with Gasteiger partial charge in [0.1, 0.15) is 6.34 Å². The van der Waals surface area contributed by atoms with Crippen molar-refractivity contribution in [2.24, 2.45) is 4.99 Å². The maximum absolute atomic E-state index is 13.1. The summed E-state index contributed by atoms with van der Waals surface area (Å²) < 4.78 is 27.5. The molecule has 0 fully saturated rings. The Morgan fingerprint density at radius 3 is 2.76 bits per heavy atom. The van der Waals surface area contributed by atoms with Gasteiger partial charge in [-0.25, -0.2) is 13.2 Å². The lowest BCUT2D eigenvalue weighted by Gasteiger charge is -2.19. The van der Waals surface area contributed by atoms with Crippen LogP contribution < -0.4 is 10.2 Å². The summed E-state index contributed by atoms with van der Waals surface area (Å²) in [6, 6.07) is 14.3. The quantitative estimate of drug-likeness (QED) is 0.820. The number of fused-ring (bicyclic) bond motifs is 1. The molecule has 8 heteroatoms. The van der Waals surface area contributed by atoms with Crippen LogP contribution in [-0.2, 0) is 16.4 Å². The minimum Gasteiger partial charge on any atom is -0.338 e. The number of anilines is 1. The van der Waals surface area contributed by atoms with Crippen LogP contribution in [0, 0.1) is 0 Å². The van der Waals surface area contributed by atoms with E-state index >= 15 is 0 Å². The number of amides is 2. The smallest absolute Gasteiger partial charge is 0.321 e. The summed E-state index contributed by atoms with van der Waals surface area (Å²) >= 11 is 0. The second-order valence-corrected chi connectivity index (χ2v) is 9.08. The first-order chi connectivity index (χ1) is 14.0. The molecule has 2 aromatic carbocycles. The van der Waals surface area contributed by atoms with Crippen LogP contribution in [0.15, 0.2) is 58.4 Å². The van der Waals surface area contributed by atoms with Crippen LogP contribution in [0.4, 0.5) is 10.5 Å². The van der Waals surface area contributed by atoms with E-state index in [0.717, 1.165) is 23.2 Å². The number of carbonyl (C=O) groups excluding carboxylic acids is 1. The highest BCUT2D eigenvalue weighted by Crippen LogP contribution is 2.32. The van der Waals surface area contributed by atoms with E-state index in [2.05, 4.69) is 10.3 Å². The van der Waals surface area contributed by atoms with Crippen molar-refractivity contribution in [3.8, 4) is 0 Å². The van der Waals surface area contributed by atoms with E-state index in [1.54, 1.807) is 23.1 Å². The Kier molecular flexibility index (Phi) is 5.27. The molecule has 0 spiro atoms. The molecule has 0 saturated heterocycles. The van der Waals surface area contributed by atoms with Crippen LogP contribution in [0.25, 0.3) is 0 Å². The van der Waals surface area contributed by atoms with Gasteiger partial charge in [0.25, 0.3) is 10.0 Å². The predicted octanol–water partition coefficient (Wildman–Crippen LogP) is 2.94. The number of urea groups is 1. The molecule has 0 bridgehead atoms. The maximum atomic E-state index is 13.1. The van der Waals surface area contributed by atoms with Crippen LogP contribution in [0.2, 0.25) is 0 Å². The van der Waals surface area contributed by atoms with Gasteiger partial charge in [-0.05, 0) is 42.2 Å². The number of aliphatic imine (C=N–C) groups is 1. The molecule has 2 aromatic rings. The van der Waals surface area contributed by atoms with Crippen molar-refractivity contribution in [2.75, 3.05) is 24.5 Å². The SMILES string of the molecule is CCCNC(=O)N1CCc2cc(S(=O)(=O)N3C=N[C@@H](c4ccccc4)C3)ccc21. The summed E-state index contributed by atoms with van der Waals surface area (Å²) in [5.41, 5.74) is 2.63. The predicted molar refractivity (Wildman–Crippen MR) is 113 cm³/mol. The number of sulfonamides is 1. The minimum absolute atomic E-state index is 0.140. The zero-order valence-electron chi connectivity index (χ0n) is 16.3. The number of hydrogen-bond acceptors (Lipinski definition) is 4. The molecule has 2 aliphatic heterocycles. The van der Waals surface area contributed by atoms with E-state index in [1.807, 2.05) is 37.3 Å². The number of hydrogen-bond donors (Lipinski definition) is 1. The van der Waals surface area contributed by atoms with Gasteiger partial charge < -0.3 is 5.32 Å². The summed E-state index contributed by atoms with van der Waals surface area (Å²) in [6.07, 6.45) is 2.91. The Hall–Kier alpha value is -2.87. The maximum Gasteiger partial charge on any atom is 0.321 e. The Bertz CT molecular complexity index is 1040. The zero-order valence-corrected chi connectivity index (χ0v) is 17.1. The second-order valence-electron chi connectivity index (χ2n) is 7.19. The van der Waals surface area contributed by atoms with Gasteiger partial charge in [-0.15, -0.1) is 0 Å². The third-order valence-corrected chi connectivity index (χ3v) is 6.95. The van der Waals surface area contributed by atoms with Gasteiger partial charge in [0, 0.05) is 18.8 Å². The first-order valence-corrected chi connectivity index (χ1v) is 11.2. The van der Waals surface area contributed by atoms with Crippen LogP contribution in [0.1, 0.15) is 30.5 Å². The highest BCUT2D eigenvalue weighted by molar-refractivity contribution is 7.89. The summed E-state index contributed by atoms with van der Waals surface area (Å²) in [6.45, 7) is 3.46. The Morgan fingerprint density at radius 1 is 1.21 bits per heavy atom. The fourth-order valence-corrected chi connectivity index (χ4v) is 4.98. The van der Waals surface area contributed by atoms with E-state index < -0.39 is 10.0 Å². The van der Waals surface area contributed by atoms with Crippen molar-refractivity contribution in [2.45, 2.75) is 30.7 Å². The second kappa shape index (κ2) is 7.87. The molecule has 0 aromatic heterocycles. The number of nitrogens with one attached hydrogen (secondary N) is 1. The number of carbonyl (C=O) groups is 1. The molecule has 0 radical (unpaired) electrons. The van der Waals surface area contributed by atoms with Crippen molar-refractivity contribution in [1.29, 1.82) is 0 Å². The van der Waals surface area contributed by atoms with Gasteiger partial charge in [0.2, 0.25) is 0 Å². The Morgan fingerprint density at radius 2 is 2.00 bits per heavy atom. The van der Waals surface area contributed by atoms with E-state index in [4.69, 9.17) is 0 Å². The fraction of sp³-hybridized carbons (Fsp3) is 0.333. The largest absolute Gasteiger partial charge is 0.338 e. The molecular weight excluding hydrogens is 388 g/mol. The van der Waals surface area contributed by atoms with Crippen molar-refractivity contribution < 1.29 is 13.2 Å². The van der Waals surface area contributed by atoms with Crippen LogP contribution in [-0.4, -0.2) is 44.7 Å². The Balaban J connectivity index is 1.52. The highest BCUT2D eigenvalue weighted by atomic mass is 32.2. The molecule has 1 atom stereocenters. The monoisotopic (exact) mass is 412 g/mol. The molecular formula is C21H24N4O3S. The zero-order chi connectivity index (χ0) is 20.4. The molecule has 2 heterocycles. The van der Waals surface area contributed by atoms with E-state index in [9.17, 15) is 13.2 Å². The first kappa shape index (κ1) is 19.4. The molecule has 29 heavy (non-hydrogen) atoms. The average molecular weight is 413 g/mol. The van der Waals surface area contributed by atoms with Gasteiger partial charge >= 0.3 is 6.03 Å². The van der Waals surface area contributed by atoms with Crippen LogP contribution in [0.5, 0.6) is 0 Å². The Labute approximate surface area is 171 Å². The molecule has 1 N–H and O–H groups in total. The van der Waals surface area contributed by atoms with Crippen LogP contribution in [0.3, 0.4) is 0 Å². The average Bonchev–Trinajstić information content (AvgIpc) is 3.40. The molecule has 7 nitrogen and oxygen atoms in total. The van der Waals surface area contributed by atoms with Crippen molar-refractivity contribution in [3.05, 3.63) is 59.7 Å². The minimum atomic E-state index is -3.69. The van der Waals surface area contributed by atoms with Crippen molar-refractivity contribution in [3.63, 3.8) is 0 Å². The van der Waals surface area contributed by atoms with Gasteiger partial charge in [-0.2, -0.15) is 0 Å². The summed E-state index contributed by atoms with van der Waals surface area (Å²) in [5.74, 6) is 0. The van der Waals surface area contributed by atoms with Crippen molar-refractivity contribution in [1.82, 2.24) is 9.62 Å². The summed E-state index contributed by atoms with van der Waals surface area (Å²) in [7, 11) is -3.69. The van der Waals surface area contributed by atoms with Gasteiger partial charge in [-0.1, -0.05) is 37.3 Å². The topological polar surface area (TPSA) is 82.1 Å². The third kappa shape index (κ3) is 3.72. The first-order valence-electron chi connectivity index (χ1n) is 9.79. The van der Waals surface area contributed by atoms with Crippen molar-refractivity contribution >= 4 is 28.1 Å². The molecule has 0 saturated carbocycles. The lowest BCUT2D eigenvalue weighted by Crippen LogP contribution is -2.39. The standard InChI is InChI=1S/C21H24N4O3S/c1-2-11-22-21(26)25-12-10-17-13-18(8-9-20(17)25)29(27,28)24-14-19(23-15-24)16-6-4-3-5-7-16/h3-9,13,15,19H,2,10-12,14H2,1H3,(H,22,26)/t19-/m1/s1. The molecule has 2 amide bonds. The summed E-state index contributed by atoms with van der Waals surface area (Å²) in [4.78, 5) is 18.6. The van der Waals surface area contributed by atoms with E-state index in [1.165, 1.54) is 10.6 Å². The highest BCUT2D eigenvalue weighted by Gasteiger charge is 2.32. The molecule has 152 valence electrons. The van der Waals surface area contributed by atoms with E-state index in [0.29, 0.717) is 19.5 Å². The van der Waals surface area contributed by atoms with E-state index in [-0.39, 0.29) is 23.5 Å². The third-order valence-electron chi connectivity index (χ3n) is 5.24. The normalized spacial score (nSPS) is 18.2. The number of rotatable bonds is 5. The lowest BCUT2D eigenvalue weighted by atomic mass is 10.1. The molecule has 0 unspecified atom stereocenters. The van der Waals surface area contributed by atoms with Gasteiger partial charge in [-0.3, -0.25) is 14.2 Å². The molecule has 0 aliphatic carbocycles. The number of nitrogens with zero attached hydrogens (tertiary/aromatic N) is 3. The van der Waals surface area contributed by atoms with Crippen LogP contribution >= 0.6 is 0 Å². The van der Waals surface area contributed by atoms with Gasteiger partial charge in [0.05, 0.1) is 17.5 Å². The fourth-order valence-electron chi connectivity index (χ4n) is 3.66. The molecule has 4 rings (SSSR count). The summed E-state index contributed by atoms with van der Waals surface area (Å²) in [5, 5.41) is 2.87. The number of benzene rings is 2. The lowest BCUT2D eigenvalue weighted by molar-refractivity contribution is 0.247. The van der Waals surface area contributed by atoms with Gasteiger partial charge in [0.15, 0.2) is 0 Å².